The number of aryl methyl sites for hydroxylation is 2. The topological polar surface area (TPSA) is 0 Å². The minimum Gasteiger partial charge on any atom is -0.0952 e. The Balaban J connectivity index is 2.27. The van der Waals surface area contributed by atoms with Gasteiger partial charge in [-0.25, -0.2) is 0 Å². The first-order valence-corrected chi connectivity index (χ1v) is 7.22. The van der Waals surface area contributed by atoms with Crippen LogP contribution in [0.2, 0.25) is 0 Å². The Morgan fingerprint density at radius 2 is 1.45 bits per heavy atom. The predicted molar refractivity (Wildman–Crippen MR) is 89.0 cm³/mol. The third kappa shape index (κ3) is 3.01. The maximum atomic E-state index is 4.33. The van der Waals surface area contributed by atoms with Crippen molar-refractivity contribution in [2.45, 2.75) is 39.5 Å². The molecule has 20 heavy (non-hydrogen) atoms. The lowest BCUT2D eigenvalue weighted by molar-refractivity contribution is 0.538. The Bertz CT molecular complexity index is 617. The molecular formula is C20H24. The fraction of sp³-hybridized carbons (Fsp3) is 0.300. The van der Waals surface area contributed by atoms with Crippen molar-refractivity contribution in [3.05, 3.63) is 77.4 Å². The fourth-order valence-electron chi connectivity index (χ4n) is 3.03. The Labute approximate surface area is 123 Å². The summed E-state index contributed by atoms with van der Waals surface area (Å²) in [6.45, 7) is 13.3. The maximum absolute atomic E-state index is 4.33. The molecule has 0 aliphatic rings. The zero-order valence-corrected chi connectivity index (χ0v) is 13.0. The van der Waals surface area contributed by atoms with Crippen LogP contribution >= 0.6 is 0 Å². The monoisotopic (exact) mass is 264 g/mol. The molecule has 0 nitrogen and oxygen atoms in total. The largest absolute Gasteiger partial charge is 0.0952 e. The summed E-state index contributed by atoms with van der Waals surface area (Å²) in [5.74, 6) is 0. The van der Waals surface area contributed by atoms with Crippen LogP contribution in [-0.2, 0) is 5.41 Å². The van der Waals surface area contributed by atoms with E-state index in [2.05, 4.69) is 82.8 Å². The molecule has 0 heteroatoms. The van der Waals surface area contributed by atoms with Gasteiger partial charge in [-0.05, 0) is 53.5 Å². The van der Waals surface area contributed by atoms with Crippen molar-refractivity contribution >= 4 is 5.57 Å². The number of hydrogen-bond acceptors (Lipinski definition) is 0. The van der Waals surface area contributed by atoms with Crippen LogP contribution in [0.15, 0.2) is 55.1 Å². The van der Waals surface area contributed by atoms with Gasteiger partial charge < -0.3 is 0 Å². The molecule has 0 atom stereocenters. The molecule has 0 fully saturated rings. The second-order valence-electron chi connectivity index (χ2n) is 6.29. The molecule has 0 heterocycles. The number of rotatable bonds is 4. The van der Waals surface area contributed by atoms with Gasteiger partial charge in [-0.3, -0.25) is 0 Å². The van der Waals surface area contributed by atoms with E-state index in [1.165, 1.54) is 27.8 Å². The highest BCUT2D eigenvalue weighted by molar-refractivity contribution is 5.67. The first kappa shape index (κ1) is 14.6. The molecule has 0 bridgehead atoms. The molecule has 0 amide bonds. The summed E-state index contributed by atoms with van der Waals surface area (Å²) in [5.41, 5.74) is 6.68. The first-order valence-electron chi connectivity index (χ1n) is 7.22. The Morgan fingerprint density at radius 3 is 2.05 bits per heavy atom. The summed E-state index contributed by atoms with van der Waals surface area (Å²) in [7, 11) is 0. The van der Waals surface area contributed by atoms with Gasteiger partial charge in [-0.2, -0.15) is 0 Å². The van der Waals surface area contributed by atoms with E-state index in [1.54, 1.807) is 0 Å². The predicted octanol–water partition coefficient (Wildman–Crippen LogP) is 5.68. The van der Waals surface area contributed by atoms with E-state index in [-0.39, 0.29) is 5.41 Å². The average Bonchev–Trinajstić information content (AvgIpc) is 2.38. The molecule has 0 aliphatic carbocycles. The standard InChI is InChI=1S/C20H24/c1-15-10-6-8-12-18(15)17(3)14-20(4,5)19-13-9-7-11-16(19)2/h6-13H,3,14H2,1-2,4-5H3. The van der Waals surface area contributed by atoms with Crippen LogP contribution in [0.1, 0.15) is 42.5 Å². The molecule has 0 saturated heterocycles. The number of hydrogen-bond donors (Lipinski definition) is 0. The van der Waals surface area contributed by atoms with Crippen molar-refractivity contribution in [3.63, 3.8) is 0 Å². The van der Waals surface area contributed by atoms with Gasteiger partial charge in [-0.1, -0.05) is 69.0 Å². The first-order chi connectivity index (χ1) is 9.42. The van der Waals surface area contributed by atoms with Gasteiger partial charge in [0, 0.05) is 0 Å². The smallest absolute Gasteiger partial charge is 0.00606 e. The van der Waals surface area contributed by atoms with E-state index in [4.69, 9.17) is 0 Å². The van der Waals surface area contributed by atoms with E-state index in [9.17, 15) is 0 Å². The number of allylic oxidation sites excluding steroid dienone is 1. The minimum atomic E-state index is 0.102. The summed E-state index contributed by atoms with van der Waals surface area (Å²) in [5, 5.41) is 0. The van der Waals surface area contributed by atoms with E-state index >= 15 is 0 Å². The third-order valence-corrected chi connectivity index (χ3v) is 4.06. The van der Waals surface area contributed by atoms with Crippen molar-refractivity contribution in [2.75, 3.05) is 0 Å². The molecule has 0 aromatic heterocycles. The molecule has 0 N–H and O–H groups in total. The van der Waals surface area contributed by atoms with Gasteiger partial charge >= 0.3 is 0 Å². The quantitative estimate of drug-likeness (QED) is 0.666. The molecule has 2 rings (SSSR count). The normalized spacial score (nSPS) is 11.4. The molecule has 0 unspecified atom stereocenters. The summed E-state index contributed by atoms with van der Waals surface area (Å²) < 4.78 is 0. The summed E-state index contributed by atoms with van der Waals surface area (Å²) >= 11 is 0. The van der Waals surface area contributed by atoms with Crippen molar-refractivity contribution < 1.29 is 0 Å². The van der Waals surface area contributed by atoms with Gasteiger partial charge in [0.05, 0.1) is 0 Å². The summed E-state index contributed by atoms with van der Waals surface area (Å²) in [6, 6.07) is 17.2. The zero-order chi connectivity index (χ0) is 14.8. The maximum Gasteiger partial charge on any atom is -0.00606 e. The molecule has 104 valence electrons. The zero-order valence-electron chi connectivity index (χ0n) is 13.0. The van der Waals surface area contributed by atoms with Gasteiger partial charge in [-0.15, -0.1) is 0 Å². The van der Waals surface area contributed by atoms with Crippen LogP contribution in [0.5, 0.6) is 0 Å². The lowest BCUT2D eigenvalue weighted by atomic mass is 9.76. The van der Waals surface area contributed by atoms with Crippen LogP contribution in [0.3, 0.4) is 0 Å². The van der Waals surface area contributed by atoms with Crippen molar-refractivity contribution in [2.24, 2.45) is 0 Å². The molecule has 0 aliphatic heterocycles. The van der Waals surface area contributed by atoms with E-state index in [0.29, 0.717) is 0 Å². The molecule has 2 aromatic carbocycles. The van der Waals surface area contributed by atoms with Gasteiger partial charge in [0.1, 0.15) is 0 Å². The van der Waals surface area contributed by atoms with Gasteiger partial charge in [0.2, 0.25) is 0 Å². The lowest BCUT2D eigenvalue weighted by Crippen LogP contribution is -2.19. The summed E-state index contributed by atoms with van der Waals surface area (Å²) in [4.78, 5) is 0. The Morgan fingerprint density at radius 1 is 0.900 bits per heavy atom. The second-order valence-corrected chi connectivity index (χ2v) is 6.29. The Kier molecular flexibility index (Phi) is 4.13. The molecule has 2 aromatic rings. The molecule has 0 radical (unpaired) electrons. The van der Waals surface area contributed by atoms with Gasteiger partial charge in [0.15, 0.2) is 0 Å². The highest BCUT2D eigenvalue weighted by Gasteiger charge is 2.23. The van der Waals surface area contributed by atoms with Gasteiger partial charge in [0.25, 0.3) is 0 Å². The highest BCUT2D eigenvalue weighted by Crippen LogP contribution is 2.35. The van der Waals surface area contributed by atoms with Crippen LogP contribution in [-0.4, -0.2) is 0 Å². The van der Waals surface area contributed by atoms with Crippen molar-refractivity contribution in [1.82, 2.24) is 0 Å². The molecule has 0 saturated carbocycles. The van der Waals surface area contributed by atoms with Crippen LogP contribution in [0, 0.1) is 13.8 Å². The highest BCUT2D eigenvalue weighted by atomic mass is 14.3. The van der Waals surface area contributed by atoms with E-state index in [0.717, 1.165) is 6.42 Å². The van der Waals surface area contributed by atoms with Crippen LogP contribution in [0.4, 0.5) is 0 Å². The summed E-state index contributed by atoms with van der Waals surface area (Å²) in [6.07, 6.45) is 0.975. The average molecular weight is 264 g/mol. The SMILES string of the molecule is C=C(CC(C)(C)c1ccccc1C)c1ccccc1C. The second kappa shape index (κ2) is 5.66. The van der Waals surface area contributed by atoms with Crippen LogP contribution < -0.4 is 0 Å². The lowest BCUT2D eigenvalue weighted by Gasteiger charge is -2.28. The van der Waals surface area contributed by atoms with E-state index in [1.807, 2.05) is 0 Å². The molecule has 0 spiro atoms. The van der Waals surface area contributed by atoms with Crippen LogP contribution in [0.25, 0.3) is 5.57 Å². The number of benzene rings is 2. The third-order valence-electron chi connectivity index (χ3n) is 4.06. The minimum absolute atomic E-state index is 0.102. The van der Waals surface area contributed by atoms with Crippen molar-refractivity contribution in [1.29, 1.82) is 0 Å². The van der Waals surface area contributed by atoms with E-state index < -0.39 is 0 Å². The van der Waals surface area contributed by atoms with Crippen molar-refractivity contribution in [3.8, 4) is 0 Å². The fourth-order valence-corrected chi connectivity index (χ4v) is 3.03. The Hall–Kier alpha value is -1.82. The molecular weight excluding hydrogens is 240 g/mol.